The minimum absolute atomic E-state index is 0.172. The van der Waals surface area contributed by atoms with Gasteiger partial charge in [0.05, 0.1) is 0 Å². The molecule has 0 aromatic heterocycles. The minimum Gasteiger partial charge on any atom is -0.320 e. The van der Waals surface area contributed by atoms with E-state index in [-0.39, 0.29) is 5.69 Å². The molecule has 0 aliphatic rings. The summed E-state index contributed by atoms with van der Waals surface area (Å²) in [5, 5.41) is 1.88. The largest absolute Gasteiger partial charge is 0.383 e. The van der Waals surface area contributed by atoms with Gasteiger partial charge in [0.2, 0.25) is 0 Å². The highest BCUT2D eigenvalue weighted by molar-refractivity contribution is 5.97. The van der Waals surface area contributed by atoms with Gasteiger partial charge in [0.15, 0.2) is 0 Å². The number of nitrogens with one attached hydrogen (secondary N) is 1. The van der Waals surface area contributed by atoms with Gasteiger partial charge >= 0.3 is 18.3 Å². The van der Waals surface area contributed by atoms with E-state index in [9.17, 15) is 22.4 Å². The minimum atomic E-state index is -4.69. The van der Waals surface area contributed by atoms with Gasteiger partial charge in [-0.3, -0.25) is 4.79 Å². The van der Waals surface area contributed by atoms with Crippen LogP contribution in [0.15, 0.2) is 18.2 Å². The van der Waals surface area contributed by atoms with Crippen LogP contribution in [0, 0.1) is 6.92 Å². The van der Waals surface area contributed by atoms with Gasteiger partial charge in [-0.05, 0) is 24.5 Å². The van der Waals surface area contributed by atoms with Crippen LogP contribution in [0.4, 0.5) is 23.2 Å². The summed E-state index contributed by atoms with van der Waals surface area (Å²) in [7, 11) is 0. The van der Waals surface area contributed by atoms with Crippen molar-refractivity contribution in [3.8, 4) is 0 Å². The van der Waals surface area contributed by atoms with Crippen LogP contribution in [-0.4, -0.2) is 18.3 Å². The molecule has 0 unspecified atom stereocenters. The van der Waals surface area contributed by atoms with Crippen LogP contribution in [0.1, 0.15) is 18.1 Å². The molecule has 1 N–H and O–H groups in total. The summed E-state index contributed by atoms with van der Waals surface area (Å²) in [5.41, 5.74) is 1.34. The fraction of sp³-hybridized carbons (Fsp3) is 0.417. The summed E-state index contributed by atoms with van der Waals surface area (Å²) < 4.78 is 49.7. The number of benzene rings is 1. The number of halogens is 4. The van der Waals surface area contributed by atoms with Crippen molar-refractivity contribution in [2.75, 3.05) is 5.32 Å². The zero-order valence-corrected chi connectivity index (χ0v) is 9.94. The first kappa shape index (κ1) is 14.5. The Morgan fingerprint density at radius 2 is 2.00 bits per heavy atom. The van der Waals surface area contributed by atoms with E-state index >= 15 is 0 Å². The number of para-hydroxylation sites is 1. The topological polar surface area (TPSA) is 29.1 Å². The second kappa shape index (κ2) is 5.37. The lowest BCUT2D eigenvalue weighted by atomic mass is 10.1. The molecule has 0 saturated carbocycles. The first-order valence-electron chi connectivity index (χ1n) is 5.36. The number of anilines is 1. The third-order valence-corrected chi connectivity index (χ3v) is 2.56. The van der Waals surface area contributed by atoms with Crippen molar-refractivity contribution < 1.29 is 22.4 Å². The van der Waals surface area contributed by atoms with Crippen LogP contribution in [0.25, 0.3) is 0 Å². The molecule has 1 aromatic carbocycles. The highest BCUT2D eigenvalue weighted by atomic mass is 19.3. The van der Waals surface area contributed by atoms with Crippen LogP contribution >= 0.6 is 0 Å². The van der Waals surface area contributed by atoms with E-state index in [4.69, 9.17) is 0 Å². The van der Waals surface area contributed by atoms with Crippen molar-refractivity contribution >= 4 is 11.6 Å². The third-order valence-electron chi connectivity index (χ3n) is 2.56. The standard InChI is InChI=1S/C12H13F4NO/c1-3-8-6-4-5-7(2)9(8)17-11(18)12(15,16)10(13)14/h4-6,10H,3H2,1-2H3,(H,17,18). The Kier molecular flexibility index (Phi) is 4.32. The van der Waals surface area contributed by atoms with Crippen molar-refractivity contribution in [2.45, 2.75) is 32.6 Å². The second-order valence-electron chi connectivity index (χ2n) is 3.84. The smallest absolute Gasteiger partial charge is 0.320 e. The molecule has 0 radical (unpaired) electrons. The maximum absolute atomic E-state index is 12.8. The van der Waals surface area contributed by atoms with Crippen molar-refractivity contribution in [1.29, 1.82) is 0 Å². The lowest BCUT2D eigenvalue weighted by Gasteiger charge is -2.18. The number of carbonyl (C=O) groups excluding carboxylic acids is 1. The van der Waals surface area contributed by atoms with Crippen molar-refractivity contribution in [3.63, 3.8) is 0 Å². The van der Waals surface area contributed by atoms with Gasteiger partial charge in [0.1, 0.15) is 0 Å². The molecular weight excluding hydrogens is 250 g/mol. The van der Waals surface area contributed by atoms with Gasteiger partial charge in [0.25, 0.3) is 0 Å². The highest BCUT2D eigenvalue weighted by Crippen LogP contribution is 2.27. The number of hydrogen-bond acceptors (Lipinski definition) is 1. The monoisotopic (exact) mass is 263 g/mol. The van der Waals surface area contributed by atoms with Gasteiger partial charge in [-0.15, -0.1) is 0 Å². The van der Waals surface area contributed by atoms with Gasteiger partial charge in [0, 0.05) is 5.69 Å². The average molecular weight is 263 g/mol. The lowest BCUT2D eigenvalue weighted by Crippen LogP contribution is -2.41. The fourth-order valence-electron chi connectivity index (χ4n) is 1.50. The molecule has 2 nitrogen and oxygen atoms in total. The molecule has 1 amide bonds. The van der Waals surface area contributed by atoms with Gasteiger partial charge < -0.3 is 5.32 Å². The molecule has 1 rings (SSSR count). The number of hydrogen-bond donors (Lipinski definition) is 1. The van der Waals surface area contributed by atoms with Crippen LogP contribution in [-0.2, 0) is 11.2 Å². The number of amides is 1. The number of aryl methyl sites for hydroxylation is 2. The van der Waals surface area contributed by atoms with Crippen molar-refractivity contribution in [3.05, 3.63) is 29.3 Å². The Balaban J connectivity index is 3.02. The molecule has 18 heavy (non-hydrogen) atoms. The highest BCUT2D eigenvalue weighted by Gasteiger charge is 2.49. The van der Waals surface area contributed by atoms with Gasteiger partial charge in [-0.2, -0.15) is 8.78 Å². The predicted molar refractivity (Wildman–Crippen MR) is 60.1 cm³/mol. The Morgan fingerprint density at radius 3 is 2.50 bits per heavy atom. The van der Waals surface area contributed by atoms with E-state index in [1.807, 2.05) is 5.32 Å². The summed E-state index contributed by atoms with van der Waals surface area (Å²) >= 11 is 0. The van der Waals surface area contributed by atoms with Crippen molar-refractivity contribution in [1.82, 2.24) is 0 Å². The third kappa shape index (κ3) is 2.80. The maximum atomic E-state index is 12.8. The van der Waals surface area contributed by atoms with Gasteiger partial charge in [-0.1, -0.05) is 25.1 Å². The molecule has 0 aliphatic heterocycles. The Hall–Kier alpha value is -1.59. The molecule has 0 spiro atoms. The fourth-order valence-corrected chi connectivity index (χ4v) is 1.50. The van der Waals surface area contributed by atoms with E-state index in [1.54, 1.807) is 32.0 Å². The van der Waals surface area contributed by atoms with E-state index in [0.29, 0.717) is 17.5 Å². The maximum Gasteiger partial charge on any atom is 0.383 e. The Labute approximate surface area is 102 Å². The first-order valence-corrected chi connectivity index (χ1v) is 5.36. The normalized spacial score (nSPS) is 11.7. The Bertz CT molecular complexity index is 446. The predicted octanol–water partition coefficient (Wildman–Crippen LogP) is 3.40. The number of alkyl halides is 4. The molecule has 0 fully saturated rings. The van der Waals surface area contributed by atoms with Gasteiger partial charge in [-0.25, -0.2) is 8.78 Å². The summed E-state index contributed by atoms with van der Waals surface area (Å²) in [6, 6.07) is 4.95. The van der Waals surface area contributed by atoms with E-state index < -0.39 is 18.3 Å². The molecule has 0 aliphatic carbocycles. The summed E-state index contributed by atoms with van der Waals surface area (Å²) in [4.78, 5) is 11.2. The summed E-state index contributed by atoms with van der Waals surface area (Å²) in [6.45, 7) is 3.38. The molecule has 0 bridgehead atoms. The van der Waals surface area contributed by atoms with E-state index in [1.165, 1.54) is 0 Å². The molecule has 0 heterocycles. The Morgan fingerprint density at radius 1 is 1.39 bits per heavy atom. The van der Waals surface area contributed by atoms with Crippen molar-refractivity contribution in [2.24, 2.45) is 0 Å². The zero-order chi connectivity index (χ0) is 13.9. The van der Waals surface area contributed by atoms with Crippen LogP contribution < -0.4 is 5.32 Å². The van der Waals surface area contributed by atoms with Crippen LogP contribution in [0.3, 0.4) is 0 Å². The molecule has 0 atom stereocenters. The SMILES string of the molecule is CCc1cccc(C)c1NC(=O)C(F)(F)C(F)F. The van der Waals surface area contributed by atoms with Crippen LogP contribution in [0.5, 0.6) is 0 Å². The molecule has 0 saturated heterocycles. The zero-order valence-electron chi connectivity index (χ0n) is 9.94. The molecule has 6 heteroatoms. The second-order valence-corrected chi connectivity index (χ2v) is 3.84. The molecular formula is C12H13F4NO. The first-order chi connectivity index (χ1) is 8.30. The lowest BCUT2D eigenvalue weighted by molar-refractivity contribution is -0.163. The molecule has 1 aromatic rings. The summed E-state index contributed by atoms with van der Waals surface area (Å²) in [6.07, 6.45) is -3.52. The average Bonchev–Trinajstić information content (AvgIpc) is 2.31. The number of carbonyl (C=O) groups is 1. The number of rotatable bonds is 4. The van der Waals surface area contributed by atoms with E-state index in [0.717, 1.165) is 0 Å². The van der Waals surface area contributed by atoms with Crippen LogP contribution in [0.2, 0.25) is 0 Å². The van der Waals surface area contributed by atoms with E-state index in [2.05, 4.69) is 0 Å². The summed E-state index contributed by atoms with van der Waals surface area (Å²) in [5.74, 6) is -6.67. The quantitative estimate of drug-likeness (QED) is 0.829. The molecule has 100 valence electrons.